The second-order valence-electron chi connectivity index (χ2n) is 5.18. The highest BCUT2D eigenvalue weighted by atomic mass is 35.5. The third kappa shape index (κ3) is 2.69. The van der Waals surface area contributed by atoms with Gasteiger partial charge in [-0.05, 0) is 24.3 Å². The molecule has 0 aliphatic carbocycles. The Balaban J connectivity index is 1.82. The smallest absolute Gasteiger partial charge is 0.139 e. The first-order valence-electron chi connectivity index (χ1n) is 7.30. The molecule has 23 heavy (non-hydrogen) atoms. The van der Waals surface area contributed by atoms with Crippen LogP contribution in [0.3, 0.4) is 0 Å². The van der Waals surface area contributed by atoms with E-state index in [4.69, 9.17) is 21.0 Å². The van der Waals surface area contributed by atoms with Gasteiger partial charge in [0.15, 0.2) is 0 Å². The summed E-state index contributed by atoms with van der Waals surface area (Å²) in [5.41, 5.74) is 2.78. The Hall–Kier alpha value is -2.72. The van der Waals surface area contributed by atoms with Crippen LogP contribution in [0.4, 0.5) is 5.82 Å². The van der Waals surface area contributed by atoms with Crippen LogP contribution in [0.5, 0.6) is 0 Å². The van der Waals surface area contributed by atoms with Crippen LogP contribution in [-0.4, -0.2) is 9.38 Å². The molecular formula is C18H14ClN3O. The predicted octanol–water partition coefficient (Wildman–Crippen LogP) is 4.86. The van der Waals surface area contributed by atoms with Crippen molar-refractivity contribution in [2.75, 3.05) is 5.32 Å². The number of aromatic nitrogens is 2. The number of rotatable bonds is 4. The van der Waals surface area contributed by atoms with Crippen molar-refractivity contribution in [3.8, 4) is 11.3 Å². The molecule has 1 N–H and O–H groups in total. The maximum atomic E-state index is 6.15. The molecule has 114 valence electrons. The van der Waals surface area contributed by atoms with Gasteiger partial charge in [0.05, 0.1) is 17.8 Å². The molecule has 0 aliphatic rings. The van der Waals surface area contributed by atoms with E-state index in [9.17, 15) is 0 Å². The molecule has 0 saturated heterocycles. The fourth-order valence-electron chi connectivity index (χ4n) is 2.57. The topological polar surface area (TPSA) is 42.5 Å². The van der Waals surface area contributed by atoms with Gasteiger partial charge in [0.25, 0.3) is 0 Å². The monoisotopic (exact) mass is 323 g/mol. The highest BCUT2D eigenvalue weighted by Crippen LogP contribution is 2.30. The zero-order valence-electron chi connectivity index (χ0n) is 12.2. The van der Waals surface area contributed by atoms with Crippen LogP contribution >= 0.6 is 11.6 Å². The maximum Gasteiger partial charge on any atom is 0.139 e. The van der Waals surface area contributed by atoms with Crippen molar-refractivity contribution in [1.29, 1.82) is 0 Å². The first-order valence-corrected chi connectivity index (χ1v) is 7.68. The first kappa shape index (κ1) is 13.9. The maximum absolute atomic E-state index is 6.15. The average Bonchev–Trinajstić information content (AvgIpc) is 3.21. The molecule has 0 fully saturated rings. The number of anilines is 1. The molecule has 0 saturated carbocycles. The second kappa shape index (κ2) is 5.82. The van der Waals surface area contributed by atoms with Gasteiger partial charge in [-0.2, -0.15) is 0 Å². The molecular weight excluding hydrogens is 310 g/mol. The summed E-state index contributed by atoms with van der Waals surface area (Å²) in [6, 6.07) is 17.6. The van der Waals surface area contributed by atoms with Crippen LogP contribution in [0, 0.1) is 0 Å². The van der Waals surface area contributed by atoms with Crippen molar-refractivity contribution in [2.45, 2.75) is 6.54 Å². The summed E-state index contributed by atoms with van der Waals surface area (Å²) in [5, 5.41) is 4.07. The van der Waals surface area contributed by atoms with Gasteiger partial charge in [-0.25, -0.2) is 4.98 Å². The van der Waals surface area contributed by atoms with Crippen LogP contribution < -0.4 is 5.32 Å². The number of hydrogen-bond donors (Lipinski definition) is 1. The van der Waals surface area contributed by atoms with Gasteiger partial charge in [-0.15, -0.1) is 0 Å². The van der Waals surface area contributed by atoms with Gasteiger partial charge in [0.2, 0.25) is 0 Å². The van der Waals surface area contributed by atoms with Crippen molar-refractivity contribution in [1.82, 2.24) is 9.38 Å². The molecule has 3 aromatic heterocycles. The van der Waals surface area contributed by atoms with Crippen LogP contribution in [0.15, 0.2) is 71.5 Å². The van der Waals surface area contributed by atoms with E-state index in [-0.39, 0.29) is 0 Å². The van der Waals surface area contributed by atoms with Crippen molar-refractivity contribution in [3.63, 3.8) is 0 Å². The molecule has 4 aromatic rings. The van der Waals surface area contributed by atoms with Gasteiger partial charge in [-0.1, -0.05) is 41.9 Å². The Morgan fingerprint density at radius 2 is 1.91 bits per heavy atom. The fraction of sp³-hybridized carbons (Fsp3) is 0.0556. The zero-order valence-corrected chi connectivity index (χ0v) is 13.0. The highest BCUT2D eigenvalue weighted by Gasteiger charge is 2.14. The van der Waals surface area contributed by atoms with E-state index in [2.05, 4.69) is 5.32 Å². The number of fused-ring (bicyclic) bond motifs is 1. The fourth-order valence-corrected chi connectivity index (χ4v) is 2.73. The van der Waals surface area contributed by atoms with Crippen molar-refractivity contribution < 1.29 is 4.42 Å². The summed E-state index contributed by atoms with van der Waals surface area (Å²) in [7, 11) is 0. The van der Waals surface area contributed by atoms with E-state index < -0.39 is 0 Å². The Bertz CT molecular complexity index is 930. The summed E-state index contributed by atoms with van der Waals surface area (Å²) in [4.78, 5) is 4.74. The molecule has 0 atom stereocenters. The summed E-state index contributed by atoms with van der Waals surface area (Å²) in [6.07, 6.45) is 3.53. The van der Waals surface area contributed by atoms with Gasteiger partial charge < -0.3 is 9.73 Å². The normalized spacial score (nSPS) is 11.0. The van der Waals surface area contributed by atoms with Crippen LogP contribution in [0.1, 0.15) is 5.76 Å². The van der Waals surface area contributed by atoms with Gasteiger partial charge in [-0.3, -0.25) is 4.40 Å². The third-order valence-corrected chi connectivity index (χ3v) is 3.86. The molecule has 0 aliphatic heterocycles. The minimum absolute atomic E-state index is 0.577. The van der Waals surface area contributed by atoms with E-state index in [0.717, 1.165) is 28.5 Å². The molecule has 0 amide bonds. The minimum Gasteiger partial charge on any atom is -0.467 e. The minimum atomic E-state index is 0.577. The van der Waals surface area contributed by atoms with E-state index in [1.54, 1.807) is 6.26 Å². The average molecular weight is 324 g/mol. The lowest BCUT2D eigenvalue weighted by Crippen LogP contribution is -2.02. The summed E-state index contributed by atoms with van der Waals surface area (Å²) >= 11 is 6.15. The number of benzene rings is 1. The Morgan fingerprint density at radius 3 is 2.70 bits per heavy atom. The number of nitrogens with one attached hydrogen (secondary N) is 1. The Morgan fingerprint density at radius 1 is 1.04 bits per heavy atom. The Labute approximate surface area is 138 Å². The molecule has 0 unspecified atom stereocenters. The molecule has 5 heteroatoms. The zero-order chi connectivity index (χ0) is 15.6. The lowest BCUT2D eigenvalue weighted by Gasteiger charge is -2.07. The van der Waals surface area contributed by atoms with E-state index >= 15 is 0 Å². The molecule has 3 heterocycles. The van der Waals surface area contributed by atoms with E-state index in [1.165, 1.54) is 0 Å². The molecule has 0 bridgehead atoms. The molecule has 4 nitrogen and oxygen atoms in total. The summed E-state index contributed by atoms with van der Waals surface area (Å²) in [6.45, 7) is 0.577. The number of furan rings is 1. The lowest BCUT2D eigenvalue weighted by atomic mass is 10.1. The molecule has 1 aromatic carbocycles. The van der Waals surface area contributed by atoms with E-state index in [1.807, 2.05) is 65.2 Å². The van der Waals surface area contributed by atoms with Crippen molar-refractivity contribution in [3.05, 3.63) is 77.8 Å². The van der Waals surface area contributed by atoms with E-state index in [0.29, 0.717) is 11.6 Å². The second-order valence-corrected chi connectivity index (χ2v) is 5.62. The van der Waals surface area contributed by atoms with Gasteiger partial charge in [0.1, 0.15) is 22.9 Å². The summed E-state index contributed by atoms with van der Waals surface area (Å²) < 4.78 is 7.36. The largest absolute Gasteiger partial charge is 0.467 e. The predicted molar refractivity (Wildman–Crippen MR) is 91.7 cm³/mol. The number of hydrogen-bond acceptors (Lipinski definition) is 3. The standard InChI is InChI=1S/C18H14ClN3O/c19-14-8-9-16-21-17(13-5-2-1-3-6-13)18(22(16)12-14)20-11-15-7-4-10-23-15/h1-10,12,20H,11H2. The Kier molecular flexibility index (Phi) is 3.52. The molecule has 0 spiro atoms. The number of nitrogens with zero attached hydrogens (tertiary/aromatic N) is 2. The van der Waals surface area contributed by atoms with Gasteiger partial charge in [0, 0.05) is 11.8 Å². The lowest BCUT2D eigenvalue weighted by molar-refractivity contribution is 0.518. The third-order valence-electron chi connectivity index (χ3n) is 3.64. The first-order chi connectivity index (χ1) is 11.3. The quantitative estimate of drug-likeness (QED) is 0.583. The summed E-state index contributed by atoms with van der Waals surface area (Å²) in [5.74, 6) is 1.76. The number of halogens is 1. The molecule has 4 rings (SSSR count). The number of pyridine rings is 1. The van der Waals surface area contributed by atoms with Crippen LogP contribution in [0.25, 0.3) is 16.9 Å². The number of imidazole rings is 1. The van der Waals surface area contributed by atoms with Crippen LogP contribution in [0.2, 0.25) is 5.02 Å². The van der Waals surface area contributed by atoms with Crippen molar-refractivity contribution in [2.24, 2.45) is 0 Å². The van der Waals surface area contributed by atoms with Crippen molar-refractivity contribution >= 4 is 23.1 Å². The SMILES string of the molecule is Clc1ccc2nc(-c3ccccc3)c(NCc3ccco3)n2c1. The van der Waals surface area contributed by atoms with Gasteiger partial charge >= 0.3 is 0 Å². The van der Waals surface area contributed by atoms with Crippen LogP contribution in [-0.2, 0) is 6.54 Å². The highest BCUT2D eigenvalue weighted by molar-refractivity contribution is 6.30. The molecule has 0 radical (unpaired) electrons.